The van der Waals surface area contributed by atoms with E-state index in [2.05, 4.69) is 16.7 Å². The Hall–Kier alpha value is -1.26. The topological polar surface area (TPSA) is 42.5 Å². The van der Waals surface area contributed by atoms with Gasteiger partial charge in [-0.25, -0.2) is 0 Å². The van der Waals surface area contributed by atoms with Crippen LogP contribution in [0.5, 0.6) is 11.5 Å². The van der Waals surface area contributed by atoms with Crippen LogP contribution in [0, 0.1) is 0 Å². The van der Waals surface area contributed by atoms with Crippen molar-refractivity contribution in [2.24, 2.45) is 0 Å². The number of para-hydroxylation sites is 1. The van der Waals surface area contributed by atoms with Crippen LogP contribution < -0.4 is 20.1 Å². The molecule has 0 bridgehead atoms. The molecule has 1 saturated heterocycles. The molecule has 94 valence electrons. The number of hydrogen-bond donors (Lipinski definition) is 2. The quantitative estimate of drug-likeness (QED) is 0.812. The highest BCUT2D eigenvalue weighted by Gasteiger charge is 2.16. The van der Waals surface area contributed by atoms with Crippen molar-refractivity contribution in [1.29, 1.82) is 0 Å². The van der Waals surface area contributed by atoms with Crippen molar-refractivity contribution in [3.05, 3.63) is 23.8 Å². The summed E-state index contributed by atoms with van der Waals surface area (Å²) in [5, 5.41) is 6.88. The van der Waals surface area contributed by atoms with Crippen molar-refractivity contribution < 1.29 is 9.47 Å². The van der Waals surface area contributed by atoms with E-state index >= 15 is 0 Å². The molecule has 0 saturated carbocycles. The lowest BCUT2D eigenvalue weighted by molar-refractivity contribution is 0.347. The van der Waals surface area contributed by atoms with Gasteiger partial charge in [0.2, 0.25) is 0 Å². The smallest absolute Gasteiger partial charge is 0.163 e. The minimum atomic E-state index is 0.463. The summed E-state index contributed by atoms with van der Waals surface area (Å²) in [5.74, 6) is 1.65. The number of rotatable bonds is 4. The number of methoxy groups -OCH3 is 2. The highest BCUT2D eigenvalue weighted by Crippen LogP contribution is 2.31. The van der Waals surface area contributed by atoms with Gasteiger partial charge in [0.15, 0.2) is 11.5 Å². The molecular formula is C13H20N2O2. The van der Waals surface area contributed by atoms with Crippen LogP contribution >= 0.6 is 0 Å². The van der Waals surface area contributed by atoms with Crippen molar-refractivity contribution in [1.82, 2.24) is 10.6 Å². The van der Waals surface area contributed by atoms with Crippen LogP contribution in [0.15, 0.2) is 18.2 Å². The molecule has 2 rings (SSSR count). The van der Waals surface area contributed by atoms with Gasteiger partial charge in [0, 0.05) is 25.7 Å². The molecule has 2 N–H and O–H groups in total. The SMILES string of the molecule is COc1cccc(C[C@@H]2CNCCN2)c1OC. The molecule has 0 aliphatic carbocycles. The Morgan fingerprint density at radius 3 is 2.76 bits per heavy atom. The molecule has 0 aromatic heterocycles. The van der Waals surface area contributed by atoms with E-state index in [1.807, 2.05) is 12.1 Å². The molecule has 17 heavy (non-hydrogen) atoms. The first-order valence-corrected chi connectivity index (χ1v) is 5.99. The number of nitrogens with one attached hydrogen (secondary N) is 2. The van der Waals surface area contributed by atoms with E-state index in [0.717, 1.165) is 37.6 Å². The van der Waals surface area contributed by atoms with E-state index in [4.69, 9.17) is 9.47 Å². The van der Waals surface area contributed by atoms with Gasteiger partial charge in [0.05, 0.1) is 14.2 Å². The second kappa shape index (κ2) is 5.89. The molecule has 4 nitrogen and oxygen atoms in total. The summed E-state index contributed by atoms with van der Waals surface area (Å²) in [6.07, 6.45) is 0.952. The number of benzene rings is 1. The normalized spacial score (nSPS) is 20.0. The lowest BCUT2D eigenvalue weighted by Crippen LogP contribution is -2.49. The number of piperazine rings is 1. The second-order valence-electron chi connectivity index (χ2n) is 4.21. The number of hydrogen-bond acceptors (Lipinski definition) is 4. The molecule has 4 heteroatoms. The van der Waals surface area contributed by atoms with E-state index < -0.39 is 0 Å². The highest BCUT2D eigenvalue weighted by molar-refractivity contribution is 5.46. The summed E-state index contributed by atoms with van der Waals surface area (Å²) in [6.45, 7) is 3.07. The lowest BCUT2D eigenvalue weighted by atomic mass is 10.0. The Morgan fingerprint density at radius 1 is 1.24 bits per heavy atom. The summed E-state index contributed by atoms with van der Waals surface area (Å²) >= 11 is 0. The fourth-order valence-corrected chi connectivity index (χ4v) is 2.24. The maximum absolute atomic E-state index is 5.44. The van der Waals surface area contributed by atoms with Crippen molar-refractivity contribution in [2.75, 3.05) is 33.9 Å². The largest absolute Gasteiger partial charge is 0.493 e. The Bertz CT molecular complexity index is 362. The van der Waals surface area contributed by atoms with E-state index in [1.165, 1.54) is 5.56 Å². The molecule has 1 heterocycles. The summed E-state index contributed by atoms with van der Waals surface area (Å²) in [4.78, 5) is 0. The predicted octanol–water partition coefficient (Wildman–Crippen LogP) is 0.808. The van der Waals surface area contributed by atoms with Gasteiger partial charge in [0.25, 0.3) is 0 Å². The predicted molar refractivity (Wildman–Crippen MR) is 67.9 cm³/mol. The molecule has 0 unspecified atom stereocenters. The van der Waals surface area contributed by atoms with Crippen LogP contribution in [-0.2, 0) is 6.42 Å². The third-order valence-electron chi connectivity index (χ3n) is 3.08. The molecule has 0 radical (unpaired) electrons. The van der Waals surface area contributed by atoms with E-state index in [-0.39, 0.29) is 0 Å². The first-order valence-electron chi connectivity index (χ1n) is 5.99. The third kappa shape index (κ3) is 2.90. The Morgan fingerprint density at radius 2 is 2.12 bits per heavy atom. The van der Waals surface area contributed by atoms with Crippen molar-refractivity contribution in [3.8, 4) is 11.5 Å². The van der Waals surface area contributed by atoms with Crippen LogP contribution in [0.2, 0.25) is 0 Å². The minimum Gasteiger partial charge on any atom is -0.493 e. The highest BCUT2D eigenvalue weighted by atomic mass is 16.5. The van der Waals surface area contributed by atoms with E-state index in [1.54, 1.807) is 14.2 Å². The van der Waals surface area contributed by atoms with Gasteiger partial charge in [-0.15, -0.1) is 0 Å². The van der Waals surface area contributed by atoms with Gasteiger partial charge in [-0.05, 0) is 18.1 Å². The zero-order valence-corrected chi connectivity index (χ0v) is 10.5. The molecule has 1 aliphatic rings. The average molecular weight is 236 g/mol. The molecule has 1 aromatic carbocycles. The van der Waals surface area contributed by atoms with Crippen molar-refractivity contribution >= 4 is 0 Å². The zero-order valence-electron chi connectivity index (χ0n) is 10.5. The van der Waals surface area contributed by atoms with E-state index in [9.17, 15) is 0 Å². The lowest BCUT2D eigenvalue weighted by Gasteiger charge is -2.25. The molecule has 1 aromatic rings. The van der Waals surface area contributed by atoms with Gasteiger partial charge in [-0.1, -0.05) is 12.1 Å². The van der Waals surface area contributed by atoms with Gasteiger partial charge in [0.1, 0.15) is 0 Å². The van der Waals surface area contributed by atoms with Crippen LogP contribution in [-0.4, -0.2) is 39.9 Å². The van der Waals surface area contributed by atoms with Crippen LogP contribution in [0.1, 0.15) is 5.56 Å². The molecule has 1 atom stereocenters. The maximum Gasteiger partial charge on any atom is 0.163 e. The van der Waals surface area contributed by atoms with Crippen LogP contribution in [0.3, 0.4) is 0 Å². The summed E-state index contributed by atoms with van der Waals surface area (Å²) in [6, 6.07) is 6.49. The van der Waals surface area contributed by atoms with Gasteiger partial charge >= 0.3 is 0 Å². The average Bonchev–Trinajstić information content (AvgIpc) is 2.39. The first-order chi connectivity index (χ1) is 8.35. The fraction of sp³-hybridized carbons (Fsp3) is 0.538. The fourth-order valence-electron chi connectivity index (χ4n) is 2.24. The second-order valence-corrected chi connectivity index (χ2v) is 4.21. The molecule has 0 spiro atoms. The summed E-state index contributed by atoms with van der Waals surface area (Å²) in [7, 11) is 3.36. The standard InChI is InChI=1S/C13H20N2O2/c1-16-12-5-3-4-10(13(12)17-2)8-11-9-14-6-7-15-11/h3-5,11,14-15H,6-9H2,1-2H3/t11-/m1/s1. The maximum atomic E-state index is 5.44. The monoisotopic (exact) mass is 236 g/mol. The Labute approximate surface area is 102 Å². The molecule has 1 fully saturated rings. The first kappa shape index (κ1) is 12.2. The van der Waals surface area contributed by atoms with Gasteiger partial charge in [-0.2, -0.15) is 0 Å². The molecule has 0 amide bonds. The Balaban J connectivity index is 2.13. The van der Waals surface area contributed by atoms with Crippen LogP contribution in [0.4, 0.5) is 0 Å². The van der Waals surface area contributed by atoms with Crippen LogP contribution in [0.25, 0.3) is 0 Å². The molecular weight excluding hydrogens is 216 g/mol. The van der Waals surface area contributed by atoms with Gasteiger partial charge < -0.3 is 20.1 Å². The summed E-state index contributed by atoms with van der Waals surface area (Å²) in [5.41, 5.74) is 1.19. The van der Waals surface area contributed by atoms with Crippen molar-refractivity contribution in [3.63, 3.8) is 0 Å². The summed E-state index contributed by atoms with van der Waals surface area (Å²) < 4.78 is 10.7. The Kier molecular flexibility index (Phi) is 4.23. The molecule has 1 aliphatic heterocycles. The van der Waals surface area contributed by atoms with E-state index in [0.29, 0.717) is 6.04 Å². The minimum absolute atomic E-state index is 0.463. The number of ether oxygens (including phenoxy) is 2. The third-order valence-corrected chi connectivity index (χ3v) is 3.08. The van der Waals surface area contributed by atoms with Gasteiger partial charge in [-0.3, -0.25) is 0 Å². The van der Waals surface area contributed by atoms with Crippen molar-refractivity contribution in [2.45, 2.75) is 12.5 Å². The zero-order chi connectivity index (χ0) is 12.1.